The molecule has 0 rings (SSSR count). The van der Waals surface area contributed by atoms with Crippen molar-refractivity contribution in [2.45, 2.75) is 187 Å². The lowest BCUT2D eigenvalue weighted by Gasteiger charge is -2.19. The molecule has 0 saturated carbocycles. The predicted molar refractivity (Wildman–Crippen MR) is 197 cm³/mol. The Kier molecular flexibility index (Phi) is 35.0. The Labute approximate surface area is 279 Å². The molecular formula is C41H73NO3. The number of aliphatic hydroxyl groups excluding tert-OH is 2. The third-order valence-corrected chi connectivity index (χ3v) is 8.20. The lowest BCUT2D eigenvalue weighted by Crippen LogP contribution is -2.45. The van der Waals surface area contributed by atoms with Crippen molar-refractivity contribution in [2.24, 2.45) is 0 Å². The lowest BCUT2D eigenvalue weighted by molar-refractivity contribution is -0.123. The summed E-state index contributed by atoms with van der Waals surface area (Å²) >= 11 is 0. The second kappa shape index (κ2) is 36.6. The van der Waals surface area contributed by atoms with Gasteiger partial charge < -0.3 is 15.5 Å². The smallest absolute Gasteiger partial charge is 0.220 e. The Morgan fingerprint density at radius 2 is 0.956 bits per heavy atom. The van der Waals surface area contributed by atoms with Crippen LogP contribution in [0.15, 0.2) is 60.8 Å². The zero-order chi connectivity index (χ0) is 32.9. The van der Waals surface area contributed by atoms with Gasteiger partial charge in [0.15, 0.2) is 0 Å². The maximum absolute atomic E-state index is 12.3. The highest BCUT2D eigenvalue weighted by Crippen LogP contribution is 2.12. The van der Waals surface area contributed by atoms with Crippen LogP contribution in [0.2, 0.25) is 0 Å². The summed E-state index contributed by atoms with van der Waals surface area (Å²) in [7, 11) is 0. The van der Waals surface area contributed by atoms with Gasteiger partial charge in [-0.25, -0.2) is 0 Å². The number of nitrogens with one attached hydrogen (secondary N) is 1. The van der Waals surface area contributed by atoms with Crippen molar-refractivity contribution in [3.8, 4) is 0 Å². The molecule has 0 saturated heterocycles. The molecule has 0 spiro atoms. The molecule has 0 bridgehead atoms. The Morgan fingerprint density at radius 3 is 1.49 bits per heavy atom. The number of allylic oxidation sites excluding steroid dienone is 9. The third kappa shape index (κ3) is 33.3. The van der Waals surface area contributed by atoms with Gasteiger partial charge in [-0.3, -0.25) is 4.79 Å². The number of rotatable bonds is 33. The minimum absolute atomic E-state index is 0.0870. The summed E-state index contributed by atoms with van der Waals surface area (Å²) in [5.41, 5.74) is 0. The molecule has 45 heavy (non-hydrogen) atoms. The average Bonchev–Trinajstić information content (AvgIpc) is 3.04. The van der Waals surface area contributed by atoms with E-state index in [0.717, 1.165) is 44.9 Å². The Morgan fingerprint density at radius 1 is 0.533 bits per heavy atom. The minimum atomic E-state index is -0.871. The van der Waals surface area contributed by atoms with E-state index in [-0.39, 0.29) is 12.5 Å². The van der Waals surface area contributed by atoms with Crippen LogP contribution in [0.5, 0.6) is 0 Å². The van der Waals surface area contributed by atoms with Crippen LogP contribution in [0, 0.1) is 0 Å². The fourth-order valence-electron chi connectivity index (χ4n) is 5.22. The fourth-order valence-corrected chi connectivity index (χ4v) is 5.22. The molecule has 0 aromatic rings. The van der Waals surface area contributed by atoms with Crippen molar-refractivity contribution in [3.05, 3.63) is 60.8 Å². The molecule has 0 aromatic carbocycles. The van der Waals surface area contributed by atoms with Gasteiger partial charge in [0.2, 0.25) is 5.91 Å². The van der Waals surface area contributed by atoms with E-state index >= 15 is 0 Å². The van der Waals surface area contributed by atoms with Crippen molar-refractivity contribution >= 4 is 5.91 Å². The predicted octanol–water partition coefficient (Wildman–Crippen LogP) is 11.4. The average molecular weight is 628 g/mol. The number of carbonyl (C=O) groups excluding carboxylic acids is 1. The highest BCUT2D eigenvalue weighted by molar-refractivity contribution is 5.76. The Hall–Kier alpha value is -1.91. The molecule has 2 atom stereocenters. The van der Waals surface area contributed by atoms with Gasteiger partial charge in [-0.05, 0) is 70.6 Å². The van der Waals surface area contributed by atoms with Gasteiger partial charge in [-0.2, -0.15) is 0 Å². The van der Waals surface area contributed by atoms with E-state index in [2.05, 4.69) is 67.8 Å². The summed E-state index contributed by atoms with van der Waals surface area (Å²) in [5, 5.41) is 22.8. The summed E-state index contributed by atoms with van der Waals surface area (Å²) < 4.78 is 0. The van der Waals surface area contributed by atoms with Crippen molar-refractivity contribution in [1.29, 1.82) is 0 Å². The quantitative estimate of drug-likeness (QED) is 0.0501. The molecule has 3 N–H and O–H groups in total. The zero-order valence-electron chi connectivity index (χ0n) is 29.6. The number of hydrogen-bond donors (Lipinski definition) is 3. The molecule has 0 aromatic heterocycles. The molecule has 4 nitrogen and oxygen atoms in total. The molecular weight excluding hydrogens is 554 g/mol. The molecule has 1 amide bonds. The maximum Gasteiger partial charge on any atom is 0.220 e. The van der Waals surface area contributed by atoms with Crippen molar-refractivity contribution in [3.63, 3.8) is 0 Å². The molecule has 0 heterocycles. The van der Waals surface area contributed by atoms with Crippen LogP contribution in [-0.4, -0.2) is 34.9 Å². The van der Waals surface area contributed by atoms with Crippen LogP contribution < -0.4 is 5.32 Å². The van der Waals surface area contributed by atoms with E-state index in [1.807, 2.05) is 6.08 Å². The van der Waals surface area contributed by atoms with Gasteiger partial charge in [0.05, 0.1) is 18.8 Å². The second-order valence-electron chi connectivity index (χ2n) is 12.6. The number of hydrogen-bond acceptors (Lipinski definition) is 3. The van der Waals surface area contributed by atoms with Gasteiger partial charge in [0.25, 0.3) is 0 Å². The van der Waals surface area contributed by atoms with Gasteiger partial charge in [0.1, 0.15) is 0 Å². The van der Waals surface area contributed by atoms with Crippen LogP contribution in [0.1, 0.15) is 174 Å². The summed E-state index contributed by atoms with van der Waals surface area (Å²) in [6.45, 7) is 4.21. The van der Waals surface area contributed by atoms with Crippen LogP contribution in [0.3, 0.4) is 0 Å². The minimum Gasteiger partial charge on any atom is -0.394 e. The van der Waals surface area contributed by atoms with Gasteiger partial charge in [-0.1, -0.05) is 158 Å². The van der Waals surface area contributed by atoms with E-state index in [1.54, 1.807) is 6.08 Å². The van der Waals surface area contributed by atoms with E-state index in [1.165, 1.54) is 109 Å². The lowest BCUT2D eigenvalue weighted by atomic mass is 10.1. The Balaban J connectivity index is 3.66. The SMILES string of the molecule is CCCC/C=C/CC/C=C/CC/C=C/C(O)C(CO)NC(=O)CCCCCCCCCCC/C=C\C/C=C\CCCCCCC. The first kappa shape index (κ1) is 43.1. The van der Waals surface area contributed by atoms with Crippen molar-refractivity contribution in [2.75, 3.05) is 6.61 Å². The number of aliphatic hydroxyl groups is 2. The topological polar surface area (TPSA) is 69.6 Å². The Bertz CT molecular complexity index is 767. The normalized spacial score (nSPS) is 13.8. The van der Waals surface area contributed by atoms with Crippen molar-refractivity contribution < 1.29 is 15.0 Å². The number of carbonyl (C=O) groups is 1. The highest BCUT2D eigenvalue weighted by Gasteiger charge is 2.17. The summed E-state index contributed by atoms with van der Waals surface area (Å²) in [4.78, 5) is 12.3. The summed E-state index contributed by atoms with van der Waals surface area (Å²) in [5.74, 6) is -0.0870. The van der Waals surface area contributed by atoms with E-state index in [4.69, 9.17) is 0 Å². The molecule has 0 aliphatic carbocycles. The molecule has 2 unspecified atom stereocenters. The van der Waals surface area contributed by atoms with Crippen molar-refractivity contribution in [1.82, 2.24) is 5.32 Å². The first-order valence-corrected chi connectivity index (χ1v) is 19.0. The monoisotopic (exact) mass is 628 g/mol. The summed E-state index contributed by atoms with van der Waals surface area (Å²) in [6, 6.07) is -0.647. The molecule has 4 heteroatoms. The summed E-state index contributed by atoms with van der Waals surface area (Å²) in [6.07, 6.45) is 50.2. The highest BCUT2D eigenvalue weighted by atomic mass is 16.3. The first-order chi connectivity index (χ1) is 22.2. The molecule has 260 valence electrons. The van der Waals surface area contributed by atoms with Crippen LogP contribution in [0.25, 0.3) is 0 Å². The van der Waals surface area contributed by atoms with E-state index < -0.39 is 12.1 Å². The fraction of sp³-hybridized carbons (Fsp3) is 0.732. The maximum atomic E-state index is 12.3. The molecule has 0 aliphatic heterocycles. The molecule has 0 radical (unpaired) electrons. The standard InChI is InChI=1S/C41H73NO3/c1-3-5-7-9-11-13-15-17-18-19-20-21-22-23-24-25-27-29-31-33-35-37-41(45)42-39(38-43)40(44)36-34-32-30-28-26-16-14-12-10-8-6-4-2/h10,12,15,17,19-20,26,28,34,36,39-40,43-44H,3-9,11,13-14,16,18,21-25,27,29-33,35,37-38H2,1-2H3,(H,42,45)/b12-10+,17-15-,20-19-,28-26+,36-34+. The van der Waals surface area contributed by atoms with Crippen LogP contribution in [0.4, 0.5) is 0 Å². The third-order valence-electron chi connectivity index (χ3n) is 8.20. The van der Waals surface area contributed by atoms with Gasteiger partial charge >= 0.3 is 0 Å². The number of amides is 1. The zero-order valence-corrected chi connectivity index (χ0v) is 29.6. The van der Waals surface area contributed by atoms with Gasteiger partial charge in [0, 0.05) is 6.42 Å². The van der Waals surface area contributed by atoms with Crippen LogP contribution >= 0.6 is 0 Å². The molecule has 0 aliphatic rings. The van der Waals surface area contributed by atoms with Crippen LogP contribution in [-0.2, 0) is 4.79 Å². The number of unbranched alkanes of at least 4 members (excludes halogenated alkanes) is 18. The largest absolute Gasteiger partial charge is 0.394 e. The molecule has 0 fully saturated rings. The first-order valence-electron chi connectivity index (χ1n) is 19.0. The van der Waals surface area contributed by atoms with E-state index in [9.17, 15) is 15.0 Å². The van der Waals surface area contributed by atoms with E-state index in [0.29, 0.717) is 6.42 Å². The van der Waals surface area contributed by atoms with Gasteiger partial charge in [-0.15, -0.1) is 0 Å². The second-order valence-corrected chi connectivity index (χ2v) is 12.6.